The summed E-state index contributed by atoms with van der Waals surface area (Å²) < 4.78 is 11.0. The topological polar surface area (TPSA) is 80.3 Å². The number of carbonyl (C=O) groups excluding carboxylic acids is 1. The van der Waals surface area contributed by atoms with Crippen LogP contribution in [0.25, 0.3) is 10.9 Å². The Labute approximate surface area is 151 Å². The number of para-hydroxylation sites is 1. The van der Waals surface area contributed by atoms with E-state index in [1.807, 2.05) is 35.2 Å². The molecule has 134 valence electrons. The van der Waals surface area contributed by atoms with E-state index in [1.54, 1.807) is 6.20 Å². The van der Waals surface area contributed by atoms with E-state index in [-0.39, 0.29) is 12.0 Å². The number of aromatic amines is 1. The number of likely N-dealkylation sites (tertiary alicyclic amines) is 1. The molecule has 7 heteroatoms. The van der Waals surface area contributed by atoms with Gasteiger partial charge in [-0.05, 0) is 25.0 Å². The minimum atomic E-state index is -0.113. The molecule has 0 radical (unpaired) electrons. The Hall–Kier alpha value is -3.09. The molecule has 26 heavy (non-hydrogen) atoms. The maximum Gasteiger partial charge on any atom is 0.270 e. The lowest BCUT2D eigenvalue weighted by atomic mass is 10.1. The number of methoxy groups -OCH3 is 1. The van der Waals surface area contributed by atoms with Crippen LogP contribution in [-0.4, -0.2) is 52.1 Å². The first-order valence-corrected chi connectivity index (χ1v) is 8.62. The SMILES string of the molecule is COc1cncc(OC2CCCN(C(=O)c3cc4ccccc4[nH]3)C2)n1. The molecule has 1 fully saturated rings. The highest BCUT2D eigenvalue weighted by Gasteiger charge is 2.27. The number of amides is 1. The van der Waals surface area contributed by atoms with E-state index >= 15 is 0 Å². The number of carbonyl (C=O) groups is 1. The molecule has 1 saturated heterocycles. The van der Waals surface area contributed by atoms with E-state index in [0.29, 0.717) is 24.0 Å². The van der Waals surface area contributed by atoms with Gasteiger partial charge < -0.3 is 19.4 Å². The second-order valence-electron chi connectivity index (χ2n) is 6.30. The smallest absolute Gasteiger partial charge is 0.270 e. The monoisotopic (exact) mass is 352 g/mol. The molecule has 3 heterocycles. The fraction of sp³-hybridized carbons (Fsp3) is 0.316. The van der Waals surface area contributed by atoms with Crippen LogP contribution >= 0.6 is 0 Å². The number of hydrogen-bond acceptors (Lipinski definition) is 5. The van der Waals surface area contributed by atoms with Gasteiger partial charge >= 0.3 is 0 Å². The van der Waals surface area contributed by atoms with Crippen LogP contribution in [0.2, 0.25) is 0 Å². The molecule has 1 amide bonds. The van der Waals surface area contributed by atoms with E-state index in [2.05, 4.69) is 15.0 Å². The molecule has 1 aliphatic rings. The number of fused-ring (bicyclic) bond motifs is 1. The van der Waals surface area contributed by atoms with Crippen molar-refractivity contribution in [2.45, 2.75) is 18.9 Å². The van der Waals surface area contributed by atoms with Crippen molar-refractivity contribution in [2.75, 3.05) is 20.2 Å². The van der Waals surface area contributed by atoms with E-state index in [4.69, 9.17) is 9.47 Å². The van der Waals surface area contributed by atoms with Crippen molar-refractivity contribution in [3.8, 4) is 11.8 Å². The Kier molecular flexibility index (Phi) is 4.43. The molecule has 1 aliphatic heterocycles. The maximum absolute atomic E-state index is 12.9. The zero-order valence-corrected chi connectivity index (χ0v) is 14.5. The van der Waals surface area contributed by atoms with Crippen LogP contribution in [0, 0.1) is 0 Å². The lowest BCUT2D eigenvalue weighted by molar-refractivity contribution is 0.0521. The van der Waals surface area contributed by atoms with Crippen molar-refractivity contribution < 1.29 is 14.3 Å². The van der Waals surface area contributed by atoms with Gasteiger partial charge in [-0.15, -0.1) is 0 Å². The van der Waals surface area contributed by atoms with Crippen LogP contribution in [0.1, 0.15) is 23.3 Å². The molecule has 1 unspecified atom stereocenters. The lowest BCUT2D eigenvalue weighted by Gasteiger charge is -2.32. The molecule has 1 atom stereocenters. The van der Waals surface area contributed by atoms with Crippen LogP contribution in [0.5, 0.6) is 11.8 Å². The number of benzene rings is 1. The van der Waals surface area contributed by atoms with Crippen LogP contribution in [0.15, 0.2) is 42.7 Å². The summed E-state index contributed by atoms with van der Waals surface area (Å²) in [7, 11) is 1.54. The van der Waals surface area contributed by atoms with Crippen molar-refractivity contribution in [3.05, 3.63) is 48.4 Å². The predicted octanol–water partition coefficient (Wildman–Crippen LogP) is 2.65. The summed E-state index contributed by atoms with van der Waals surface area (Å²) in [4.78, 5) is 26.2. The average Bonchev–Trinajstić information content (AvgIpc) is 3.12. The Balaban J connectivity index is 1.46. The molecular weight excluding hydrogens is 332 g/mol. The first kappa shape index (κ1) is 16.4. The van der Waals surface area contributed by atoms with Gasteiger partial charge in [-0.2, -0.15) is 4.98 Å². The van der Waals surface area contributed by atoms with Crippen molar-refractivity contribution in [1.29, 1.82) is 0 Å². The summed E-state index contributed by atoms with van der Waals surface area (Å²) >= 11 is 0. The van der Waals surface area contributed by atoms with Gasteiger partial charge in [0, 0.05) is 17.4 Å². The summed E-state index contributed by atoms with van der Waals surface area (Å²) in [6.45, 7) is 1.24. The third-order valence-electron chi connectivity index (χ3n) is 4.51. The summed E-state index contributed by atoms with van der Waals surface area (Å²) in [6, 6.07) is 9.77. The Bertz CT molecular complexity index is 891. The minimum absolute atomic E-state index is 0.00812. The largest absolute Gasteiger partial charge is 0.480 e. The van der Waals surface area contributed by atoms with E-state index in [0.717, 1.165) is 30.3 Å². The van der Waals surface area contributed by atoms with Crippen molar-refractivity contribution in [1.82, 2.24) is 19.9 Å². The number of nitrogens with one attached hydrogen (secondary N) is 1. The predicted molar refractivity (Wildman–Crippen MR) is 96.4 cm³/mol. The molecule has 7 nitrogen and oxygen atoms in total. The highest BCUT2D eigenvalue weighted by molar-refractivity contribution is 5.98. The van der Waals surface area contributed by atoms with E-state index in [1.165, 1.54) is 13.3 Å². The van der Waals surface area contributed by atoms with E-state index < -0.39 is 0 Å². The molecule has 0 saturated carbocycles. The van der Waals surface area contributed by atoms with Gasteiger partial charge in [-0.25, -0.2) is 0 Å². The molecule has 1 N–H and O–H groups in total. The molecule has 2 aromatic heterocycles. The Morgan fingerprint density at radius 2 is 2.12 bits per heavy atom. The van der Waals surface area contributed by atoms with Crippen molar-refractivity contribution >= 4 is 16.8 Å². The van der Waals surface area contributed by atoms with Gasteiger partial charge in [-0.3, -0.25) is 9.78 Å². The number of ether oxygens (including phenoxy) is 2. The number of H-pyrrole nitrogens is 1. The number of rotatable bonds is 4. The molecule has 1 aromatic carbocycles. The fourth-order valence-electron chi connectivity index (χ4n) is 3.23. The summed E-state index contributed by atoms with van der Waals surface area (Å²) in [5.41, 5.74) is 1.57. The average molecular weight is 352 g/mol. The van der Waals surface area contributed by atoms with Gasteiger partial charge in [-0.1, -0.05) is 18.2 Å². The molecule has 4 rings (SSSR count). The summed E-state index contributed by atoms with van der Waals surface area (Å²) in [5.74, 6) is 0.810. The van der Waals surface area contributed by atoms with Crippen LogP contribution in [0.3, 0.4) is 0 Å². The molecule has 0 aliphatic carbocycles. The van der Waals surface area contributed by atoms with E-state index in [9.17, 15) is 4.79 Å². The van der Waals surface area contributed by atoms with Crippen LogP contribution in [-0.2, 0) is 0 Å². The molecule has 3 aromatic rings. The zero-order valence-electron chi connectivity index (χ0n) is 14.5. The standard InChI is InChI=1S/C19H20N4O3/c1-25-17-10-20-11-18(22-17)26-14-6-4-8-23(12-14)19(24)16-9-13-5-2-3-7-15(13)21-16/h2-3,5,7,9-11,14,21H,4,6,8,12H2,1H3. The summed E-state index contributed by atoms with van der Waals surface area (Å²) in [6.07, 6.45) is 4.72. The quantitative estimate of drug-likeness (QED) is 0.781. The molecule has 0 bridgehead atoms. The number of nitrogens with zero attached hydrogens (tertiary/aromatic N) is 3. The van der Waals surface area contributed by atoms with Gasteiger partial charge in [0.2, 0.25) is 11.8 Å². The second-order valence-corrected chi connectivity index (χ2v) is 6.30. The lowest BCUT2D eigenvalue weighted by Crippen LogP contribution is -2.44. The number of piperidine rings is 1. The normalized spacial score (nSPS) is 17.3. The maximum atomic E-state index is 12.9. The van der Waals surface area contributed by atoms with Crippen molar-refractivity contribution in [3.63, 3.8) is 0 Å². The van der Waals surface area contributed by atoms with Crippen molar-refractivity contribution in [2.24, 2.45) is 0 Å². The minimum Gasteiger partial charge on any atom is -0.480 e. The summed E-state index contributed by atoms with van der Waals surface area (Å²) in [5, 5.41) is 1.03. The highest BCUT2D eigenvalue weighted by atomic mass is 16.5. The zero-order chi connectivity index (χ0) is 17.9. The Morgan fingerprint density at radius 3 is 2.96 bits per heavy atom. The first-order valence-electron chi connectivity index (χ1n) is 8.62. The van der Waals surface area contributed by atoms with Gasteiger partial charge in [0.1, 0.15) is 11.8 Å². The first-order chi connectivity index (χ1) is 12.7. The number of hydrogen-bond donors (Lipinski definition) is 1. The van der Waals surface area contributed by atoms with Gasteiger partial charge in [0.15, 0.2) is 0 Å². The van der Waals surface area contributed by atoms with Gasteiger partial charge in [0.05, 0.1) is 26.0 Å². The van der Waals surface area contributed by atoms with Gasteiger partial charge in [0.25, 0.3) is 5.91 Å². The fourth-order valence-corrected chi connectivity index (χ4v) is 3.23. The third-order valence-corrected chi connectivity index (χ3v) is 4.51. The Morgan fingerprint density at radius 1 is 1.27 bits per heavy atom. The van der Waals surface area contributed by atoms with Crippen LogP contribution in [0.4, 0.5) is 0 Å². The molecule has 0 spiro atoms. The second kappa shape index (κ2) is 7.03. The van der Waals surface area contributed by atoms with Crippen LogP contribution < -0.4 is 9.47 Å². The molecular formula is C19H20N4O3. The number of aromatic nitrogens is 3. The third kappa shape index (κ3) is 3.33. The highest BCUT2D eigenvalue weighted by Crippen LogP contribution is 2.21.